The van der Waals surface area contributed by atoms with Crippen LogP contribution in [0.2, 0.25) is 0 Å². The third kappa shape index (κ3) is 7.22. The summed E-state index contributed by atoms with van der Waals surface area (Å²) in [7, 11) is 0. The minimum absolute atomic E-state index is 0. The third-order valence-electron chi connectivity index (χ3n) is 4.03. The molecule has 1 aromatic rings. The number of carbonyl (C=O) groups excluding carboxylic acids is 1. The number of hydrogen-bond donors (Lipinski definition) is 2. The van der Waals surface area contributed by atoms with E-state index in [4.69, 9.17) is 0 Å². The highest BCUT2D eigenvalue weighted by atomic mass is 127. The summed E-state index contributed by atoms with van der Waals surface area (Å²) in [5, 5.41) is 6.54. The lowest BCUT2D eigenvalue weighted by Gasteiger charge is -2.26. The van der Waals surface area contributed by atoms with Gasteiger partial charge in [-0.2, -0.15) is 0 Å². The van der Waals surface area contributed by atoms with Crippen molar-refractivity contribution in [3.63, 3.8) is 0 Å². The first kappa shape index (κ1) is 21.7. The Bertz CT molecular complexity index is 551. The molecule has 1 saturated heterocycles. The lowest BCUT2D eigenvalue weighted by molar-refractivity contribution is 0.0724. The molecular weight excluding hydrogens is 427 g/mol. The summed E-state index contributed by atoms with van der Waals surface area (Å²) in [6.45, 7) is 9.44. The molecule has 0 unspecified atom stereocenters. The van der Waals surface area contributed by atoms with Crippen LogP contribution in [-0.4, -0.2) is 42.4 Å². The van der Waals surface area contributed by atoms with Crippen LogP contribution >= 0.6 is 24.0 Å². The fraction of sp³-hybridized carbons (Fsp3) is 0.579. The SMILES string of the molecule is CCNC(=NCc1ccc(C(=O)N2CCCCC2)cc1)NC(C)C.I. The van der Waals surface area contributed by atoms with Crippen molar-refractivity contribution in [2.45, 2.75) is 52.6 Å². The maximum atomic E-state index is 12.5. The van der Waals surface area contributed by atoms with Crippen molar-refractivity contribution < 1.29 is 4.79 Å². The topological polar surface area (TPSA) is 56.7 Å². The largest absolute Gasteiger partial charge is 0.357 e. The van der Waals surface area contributed by atoms with Crippen LogP contribution in [-0.2, 0) is 6.54 Å². The molecule has 0 bridgehead atoms. The van der Waals surface area contributed by atoms with E-state index in [9.17, 15) is 4.79 Å². The first-order valence-electron chi connectivity index (χ1n) is 9.03. The summed E-state index contributed by atoms with van der Waals surface area (Å²) < 4.78 is 0. The van der Waals surface area contributed by atoms with Crippen LogP contribution in [0.3, 0.4) is 0 Å². The summed E-state index contributed by atoms with van der Waals surface area (Å²) in [4.78, 5) is 19.0. The fourth-order valence-corrected chi connectivity index (χ4v) is 2.80. The van der Waals surface area contributed by atoms with Crippen LogP contribution in [0, 0.1) is 0 Å². The Labute approximate surface area is 168 Å². The third-order valence-corrected chi connectivity index (χ3v) is 4.03. The molecule has 0 spiro atoms. The van der Waals surface area contributed by atoms with E-state index < -0.39 is 0 Å². The molecule has 0 saturated carbocycles. The quantitative estimate of drug-likeness (QED) is 0.404. The zero-order valence-corrected chi connectivity index (χ0v) is 17.9. The number of hydrogen-bond acceptors (Lipinski definition) is 2. The molecule has 0 aliphatic carbocycles. The van der Waals surface area contributed by atoms with Crippen LogP contribution in [0.15, 0.2) is 29.3 Å². The maximum Gasteiger partial charge on any atom is 0.253 e. The molecule has 0 atom stereocenters. The Kier molecular flexibility index (Phi) is 9.85. The fourth-order valence-electron chi connectivity index (χ4n) is 2.80. The number of aliphatic imine (C=N–C) groups is 1. The second-order valence-corrected chi connectivity index (χ2v) is 6.54. The Morgan fingerprint density at radius 1 is 1.16 bits per heavy atom. The van der Waals surface area contributed by atoms with Crippen molar-refractivity contribution in [1.82, 2.24) is 15.5 Å². The predicted octanol–water partition coefficient (Wildman–Crippen LogP) is 3.39. The van der Waals surface area contributed by atoms with Gasteiger partial charge in [-0.05, 0) is 57.7 Å². The highest BCUT2D eigenvalue weighted by molar-refractivity contribution is 14.0. The van der Waals surface area contributed by atoms with E-state index in [-0.39, 0.29) is 29.9 Å². The van der Waals surface area contributed by atoms with Gasteiger partial charge in [-0.15, -0.1) is 24.0 Å². The van der Waals surface area contributed by atoms with E-state index in [2.05, 4.69) is 36.4 Å². The number of rotatable bonds is 5. The van der Waals surface area contributed by atoms with Crippen molar-refractivity contribution in [1.29, 1.82) is 0 Å². The van der Waals surface area contributed by atoms with Gasteiger partial charge in [0.15, 0.2) is 5.96 Å². The number of benzene rings is 1. The van der Waals surface area contributed by atoms with Gasteiger partial charge >= 0.3 is 0 Å². The molecule has 1 aliphatic heterocycles. The molecule has 1 fully saturated rings. The van der Waals surface area contributed by atoms with E-state index in [0.29, 0.717) is 12.6 Å². The average Bonchev–Trinajstić information content (AvgIpc) is 2.60. The van der Waals surface area contributed by atoms with Crippen molar-refractivity contribution in [2.75, 3.05) is 19.6 Å². The first-order chi connectivity index (χ1) is 11.6. The van der Waals surface area contributed by atoms with Crippen molar-refractivity contribution >= 4 is 35.8 Å². The number of nitrogens with zero attached hydrogens (tertiary/aromatic N) is 2. The lowest BCUT2D eigenvalue weighted by atomic mass is 10.1. The second-order valence-electron chi connectivity index (χ2n) is 6.54. The highest BCUT2D eigenvalue weighted by Gasteiger charge is 2.17. The summed E-state index contributed by atoms with van der Waals surface area (Å²) in [5.41, 5.74) is 1.88. The number of carbonyl (C=O) groups is 1. The number of nitrogens with one attached hydrogen (secondary N) is 2. The minimum atomic E-state index is 0. The molecule has 5 nitrogen and oxygen atoms in total. The van der Waals surface area contributed by atoms with Crippen molar-refractivity contribution in [3.05, 3.63) is 35.4 Å². The van der Waals surface area contributed by atoms with Gasteiger partial charge in [0.25, 0.3) is 5.91 Å². The van der Waals surface area contributed by atoms with Crippen LogP contribution in [0.25, 0.3) is 0 Å². The summed E-state index contributed by atoms with van der Waals surface area (Å²) in [5.74, 6) is 0.973. The van der Waals surface area contributed by atoms with Crippen LogP contribution in [0.4, 0.5) is 0 Å². The number of halogens is 1. The highest BCUT2D eigenvalue weighted by Crippen LogP contribution is 2.14. The molecule has 6 heteroatoms. The Balaban J connectivity index is 0.00000312. The zero-order chi connectivity index (χ0) is 17.4. The molecular formula is C19H31IN4O. The van der Waals surface area contributed by atoms with Crippen LogP contribution in [0.1, 0.15) is 56.0 Å². The smallest absolute Gasteiger partial charge is 0.253 e. The maximum absolute atomic E-state index is 12.5. The molecule has 140 valence electrons. The van der Waals surface area contributed by atoms with Gasteiger partial charge in [0.05, 0.1) is 6.54 Å². The molecule has 0 radical (unpaired) electrons. The summed E-state index contributed by atoms with van der Waals surface area (Å²) >= 11 is 0. The van der Waals surface area contributed by atoms with Crippen LogP contribution in [0.5, 0.6) is 0 Å². The van der Waals surface area contributed by atoms with E-state index >= 15 is 0 Å². The number of guanidine groups is 1. The molecule has 1 amide bonds. The van der Waals surface area contributed by atoms with Gasteiger partial charge in [0, 0.05) is 31.2 Å². The standard InChI is InChI=1S/C19H30N4O.HI/c1-4-20-19(22-15(2)3)21-14-16-8-10-17(11-9-16)18(24)23-12-6-5-7-13-23;/h8-11,15H,4-7,12-14H2,1-3H3,(H2,20,21,22);1H. The zero-order valence-electron chi connectivity index (χ0n) is 15.5. The number of likely N-dealkylation sites (tertiary alicyclic amines) is 1. The molecule has 1 aliphatic rings. The Morgan fingerprint density at radius 3 is 2.36 bits per heavy atom. The van der Waals surface area contributed by atoms with Gasteiger partial charge in [0.1, 0.15) is 0 Å². The summed E-state index contributed by atoms with van der Waals surface area (Å²) in [6, 6.07) is 8.18. The van der Waals surface area contributed by atoms with Gasteiger partial charge in [-0.1, -0.05) is 12.1 Å². The molecule has 2 N–H and O–H groups in total. The monoisotopic (exact) mass is 458 g/mol. The van der Waals surface area contributed by atoms with Gasteiger partial charge in [-0.25, -0.2) is 4.99 Å². The van der Waals surface area contributed by atoms with E-state index in [0.717, 1.165) is 49.6 Å². The Hall–Kier alpha value is -1.31. The molecule has 1 aromatic carbocycles. The Morgan fingerprint density at radius 2 is 1.80 bits per heavy atom. The van der Waals surface area contributed by atoms with Crippen molar-refractivity contribution in [2.24, 2.45) is 4.99 Å². The number of piperidine rings is 1. The number of amides is 1. The van der Waals surface area contributed by atoms with E-state index in [1.165, 1.54) is 6.42 Å². The normalized spacial score (nSPS) is 14.9. The lowest BCUT2D eigenvalue weighted by Crippen LogP contribution is -2.41. The van der Waals surface area contributed by atoms with Gasteiger partial charge in [-0.3, -0.25) is 4.79 Å². The van der Waals surface area contributed by atoms with Gasteiger partial charge in [0.2, 0.25) is 0 Å². The molecule has 25 heavy (non-hydrogen) atoms. The van der Waals surface area contributed by atoms with Crippen molar-refractivity contribution in [3.8, 4) is 0 Å². The van der Waals surface area contributed by atoms with E-state index in [1.807, 2.05) is 29.2 Å². The average molecular weight is 458 g/mol. The van der Waals surface area contributed by atoms with E-state index in [1.54, 1.807) is 0 Å². The van der Waals surface area contributed by atoms with Crippen LogP contribution < -0.4 is 10.6 Å². The first-order valence-corrected chi connectivity index (χ1v) is 9.03. The minimum Gasteiger partial charge on any atom is -0.357 e. The molecule has 0 aromatic heterocycles. The summed E-state index contributed by atoms with van der Waals surface area (Å²) in [6.07, 6.45) is 3.47. The predicted molar refractivity (Wildman–Crippen MR) is 115 cm³/mol. The second kappa shape index (κ2) is 11.3. The molecule has 1 heterocycles. The molecule has 2 rings (SSSR count). The van der Waals surface area contributed by atoms with Gasteiger partial charge < -0.3 is 15.5 Å².